The Kier molecular flexibility index (Phi) is 72.9. The molecule has 0 amide bonds. The molecule has 0 spiro atoms. The van der Waals surface area contributed by atoms with Crippen molar-refractivity contribution in [3.8, 4) is 0 Å². The van der Waals surface area contributed by atoms with E-state index in [-0.39, 0.29) is 40.3 Å². The Labute approximate surface area is 66.2 Å². The van der Waals surface area contributed by atoms with E-state index in [0.717, 1.165) is 0 Å². The van der Waals surface area contributed by atoms with Crippen LogP contribution in [0.25, 0.3) is 0 Å². The van der Waals surface area contributed by atoms with Gasteiger partial charge in [0, 0.05) is 40.3 Å². The summed E-state index contributed by atoms with van der Waals surface area (Å²) in [5.41, 5.74) is 0. The van der Waals surface area contributed by atoms with Crippen LogP contribution < -0.4 is 0 Å². The average molecular weight is 228 g/mol. The van der Waals surface area contributed by atoms with Crippen LogP contribution in [0.5, 0.6) is 0 Å². The Balaban J connectivity index is -0.00000000500. The minimum absolute atomic E-state index is 0. The largest absolute Gasteiger partial charge is 0 e. The van der Waals surface area contributed by atoms with E-state index >= 15 is 0 Å². The molecule has 0 saturated heterocycles. The van der Waals surface area contributed by atoms with E-state index < -0.39 is 0 Å². The Morgan fingerprint density at radius 2 is 1.25 bits per heavy atom. The standard InChI is InChI=1S/Mo.H2P.Ti.V/h;1H2;;/q+1;-1;;. The summed E-state index contributed by atoms with van der Waals surface area (Å²) < 4.78 is 0. The Hall–Kier alpha value is 2.42. The average Bonchev–Trinajstić information content (AvgIpc) is 1.00. The summed E-state index contributed by atoms with van der Waals surface area (Å²) in [5, 5.41) is 0. The van der Waals surface area contributed by atoms with Gasteiger partial charge >= 0.3 is 26.6 Å². The van der Waals surface area contributed by atoms with Crippen molar-refractivity contribution in [2.45, 2.75) is 0 Å². The topological polar surface area (TPSA) is 0 Å². The first-order chi connectivity index (χ1) is 1.00. The smallest absolute Gasteiger partial charge is 0 e. The van der Waals surface area contributed by atoms with Gasteiger partial charge in [0.05, 0.1) is 0 Å². The second kappa shape index (κ2) is 18.1. The van der Waals surface area contributed by atoms with Crippen LogP contribution in [-0.2, 0) is 59.6 Å². The molecule has 0 rings (SSSR count). The molecular formula is H2MoPTiV. The quantitative estimate of drug-likeness (QED) is 0.413. The zero-order valence-corrected chi connectivity index (χ0v) is 8.05. The predicted molar refractivity (Wildman–Crippen MR) is 9.71 cm³/mol. The second-order valence-electron chi connectivity index (χ2n) is 0. The zero-order chi connectivity index (χ0) is 2.00. The summed E-state index contributed by atoms with van der Waals surface area (Å²) >= 11 is 1.87. The Morgan fingerprint density at radius 1 is 1.25 bits per heavy atom. The summed E-state index contributed by atoms with van der Waals surface area (Å²) in [6.45, 7) is 0. The molecule has 0 nitrogen and oxygen atoms in total. The molecule has 0 aliphatic carbocycles. The van der Waals surface area contributed by atoms with Crippen LogP contribution in [0.4, 0.5) is 0 Å². The van der Waals surface area contributed by atoms with Gasteiger partial charge in [-0.3, -0.25) is 0 Å². The van der Waals surface area contributed by atoms with Crippen LogP contribution >= 0.6 is 7.33 Å². The van der Waals surface area contributed by atoms with Crippen molar-refractivity contribution >= 4 is 7.33 Å². The molecule has 0 bridgehead atoms. The summed E-state index contributed by atoms with van der Waals surface area (Å²) in [5.74, 6) is 0. The molecule has 0 N–H and O–H groups in total. The molecule has 0 aromatic carbocycles. The first kappa shape index (κ1) is 16.1. The van der Waals surface area contributed by atoms with E-state index in [1.807, 2.05) is 19.3 Å². The minimum atomic E-state index is 0. The number of rotatable bonds is 0. The second-order valence-corrected chi connectivity index (χ2v) is 0. The van der Waals surface area contributed by atoms with Gasteiger partial charge < -0.3 is 0 Å². The molecular weight excluding hydrogens is 226 g/mol. The minimum Gasteiger partial charge on any atom is 0 e. The molecule has 4 heavy (non-hydrogen) atoms. The maximum Gasteiger partial charge on any atom is 0 e. The van der Waals surface area contributed by atoms with Crippen molar-refractivity contribution in [1.82, 2.24) is 0 Å². The van der Waals surface area contributed by atoms with Gasteiger partial charge in [-0.2, -0.15) is 0 Å². The van der Waals surface area contributed by atoms with Gasteiger partial charge in [0.15, 0.2) is 0 Å². The van der Waals surface area contributed by atoms with Crippen molar-refractivity contribution in [2.75, 3.05) is 0 Å². The van der Waals surface area contributed by atoms with Crippen LogP contribution in [0, 0.1) is 0 Å². The molecule has 0 aliphatic heterocycles. The molecule has 0 heterocycles. The van der Waals surface area contributed by atoms with Crippen molar-refractivity contribution in [1.29, 1.82) is 0 Å². The third-order valence-electron chi connectivity index (χ3n) is 0. The third-order valence-corrected chi connectivity index (χ3v) is 0. The van der Waals surface area contributed by atoms with E-state index in [2.05, 4.69) is 7.33 Å². The Bertz CT molecular complexity index is 8.00. The molecule has 1 unspecified atom stereocenters. The normalized spacial score (nSPS) is 1.25. The van der Waals surface area contributed by atoms with Gasteiger partial charge in [0.25, 0.3) is 0 Å². The molecule has 0 aliphatic rings. The van der Waals surface area contributed by atoms with E-state index in [0.29, 0.717) is 0 Å². The van der Waals surface area contributed by atoms with E-state index in [4.69, 9.17) is 0 Å². The molecule has 0 saturated carbocycles. The molecule has 0 fully saturated rings. The summed E-state index contributed by atoms with van der Waals surface area (Å²) in [6, 6.07) is 0. The van der Waals surface area contributed by atoms with Crippen molar-refractivity contribution < 1.29 is 59.6 Å². The van der Waals surface area contributed by atoms with Crippen molar-refractivity contribution in [3.63, 3.8) is 0 Å². The molecule has 1 atom stereocenters. The third kappa shape index (κ3) is 8.83. The van der Waals surface area contributed by atoms with Gasteiger partial charge in [0.2, 0.25) is 0 Å². The Morgan fingerprint density at radius 3 is 1.25 bits per heavy atom. The molecule has 4 heteroatoms. The van der Waals surface area contributed by atoms with Gasteiger partial charge in [0.1, 0.15) is 0 Å². The molecule has 0 aromatic heterocycles. The van der Waals surface area contributed by atoms with Crippen LogP contribution in [0.3, 0.4) is 0 Å². The van der Waals surface area contributed by atoms with Crippen molar-refractivity contribution in [3.05, 3.63) is 0 Å². The van der Waals surface area contributed by atoms with E-state index in [1.165, 1.54) is 0 Å². The maximum atomic E-state index is 2.43. The fraction of sp³-hybridized carbons (Fsp3) is 0. The predicted octanol–water partition coefficient (Wildman–Crippen LogP) is 0.318. The summed E-state index contributed by atoms with van der Waals surface area (Å²) in [7, 11) is 2.43. The van der Waals surface area contributed by atoms with Crippen LogP contribution in [-0.4, -0.2) is 0 Å². The first-order valence-electron chi connectivity index (χ1n) is 0.236. The maximum absolute atomic E-state index is 2.43. The fourth-order valence-electron chi connectivity index (χ4n) is 0. The van der Waals surface area contributed by atoms with Crippen LogP contribution in [0.1, 0.15) is 0 Å². The monoisotopic (exact) mass is 230 g/mol. The zero-order valence-electron chi connectivity index (χ0n) is 1.93. The van der Waals surface area contributed by atoms with Gasteiger partial charge in [-0.15, -0.1) is 0 Å². The molecule has 0 aromatic rings. The number of hydrogen-bond acceptors (Lipinski definition) is 0. The molecule has 1 radical (unpaired) electrons. The van der Waals surface area contributed by atoms with Gasteiger partial charge in [-0.1, -0.05) is 0 Å². The summed E-state index contributed by atoms with van der Waals surface area (Å²) in [6.07, 6.45) is 0. The summed E-state index contributed by atoms with van der Waals surface area (Å²) in [4.78, 5) is 0. The van der Waals surface area contributed by atoms with Crippen LogP contribution in [0.2, 0.25) is 0 Å². The number of hydrogen-bond donors (Lipinski definition) is 0. The SMILES string of the molecule is [PH2][Mo].[Ti].[V]. The van der Waals surface area contributed by atoms with E-state index in [1.54, 1.807) is 0 Å². The fourth-order valence-corrected chi connectivity index (χ4v) is 0. The van der Waals surface area contributed by atoms with Crippen molar-refractivity contribution in [2.24, 2.45) is 0 Å². The van der Waals surface area contributed by atoms with Gasteiger partial charge in [-0.25, -0.2) is 0 Å². The first-order valence-corrected chi connectivity index (χ1v) is 4.18. The van der Waals surface area contributed by atoms with Gasteiger partial charge in [-0.05, 0) is 0 Å². The van der Waals surface area contributed by atoms with E-state index in [9.17, 15) is 0 Å². The van der Waals surface area contributed by atoms with Crippen LogP contribution in [0.15, 0.2) is 0 Å². The molecule has 22 valence electrons.